The molecule has 0 radical (unpaired) electrons. The molecule has 1 N–H and O–H groups in total. The van der Waals surface area contributed by atoms with Gasteiger partial charge >= 0.3 is 0 Å². The predicted octanol–water partition coefficient (Wildman–Crippen LogP) is 0.398. The zero-order chi connectivity index (χ0) is 12.4. The van der Waals surface area contributed by atoms with Crippen molar-refractivity contribution < 1.29 is 14.3 Å². The van der Waals surface area contributed by atoms with Crippen LogP contribution in [0.4, 0.5) is 0 Å². The van der Waals surface area contributed by atoms with Crippen LogP contribution >= 0.6 is 0 Å². The zero-order valence-corrected chi connectivity index (χ0v) is 10.4. The Hall–Kier alpha value is -1.10. The van der Waals surface area contributed by atoms with E-state index in [-0.39, 0.29) is 18.4 Å². The number of nitrogens with zero attached hydrogens (tertiary/aromatic N) is 1. The van der Waals surface area contributed by atoms with E-state index in [2.05, 4.69) is 5.32 Å². The van der Waals surface area contributed by atoms with E-state index in [1.165, 1.54) is 0 Å². The monoisotopic (exact) mass is 230 g/mol. The molecule has 0 saturated carbocycles. The minimum atomic E-state index is -0.172. The number of ether oxygens (including phenoxy) is 1. The second-order valence-corrected chi connectivity index (χ2v) is 3.30. The maximum atomic E-state index is 11.5. The summed E-state index contributed by atoms with van der Waals surface area (Å²) in [6.07, 6.45) is 0.347. The SMILES string of the molecule is CCOCC(=O)NCCC(=O)N(CC)CC. The fourth-order valence-electron chi connectivity index (χ4n) is 1.29. The number of hydrogen-bond acceptors (Lipinski definition) is 3. The van der Waals surface area contributed by atoms with Gasteiger partial charge in [0.1, 0.15) is 6.61 Å². The second-order valence-electron chi connectivity index (χ2n) is 3.30. The summed E-state index contributed by atoms with van der Waals surface area (Å²) in [5.74, 6) is -0.101. The van der Waals surface area contributed by atoms with Gasteiger partial charge in [0.25, 0.3) is 0 Å². The van der Waals surface area contributed by atoms with E-state index in [0.29, 0.717) is 32.7 Å². The topological polar surface area (TPSA) is 58.6 Å². The smallest absolute Gasteiger partial charge is 0.246 e. The quantitative estimate of drug-likeness (QED) is 0.656. The molecule has 0 rings (SSSR count). The van der Waals surface area contributed by atoms with Gasteiger partial charge in [-0.05, 0) is 20.8 Å². The number of amides is 2. The van der Waals surface area contributed by atoms with Crippen LogP contribution in [-0.2, 0) is 14.3 Å². The molecule has 0 aromatic carbocycles. The lowest BCUT2D eigenvalue weighted by Crippen LogP contribution is -2.35. The molecule has 5 nitrogen and oxygen atoms in total. The molecule has 0 aliphatic rings. The Bertz CT molecular complexity index is 215. The van der Waals surface area contributed by atoms with Gasteiger partial charge in [-0.1, -0.05) is 0 Å². The Morgan fingerprint density at radius 3 is 2.31 bits per heavy atom. The van der Waals surface area contributed by atoms with Gasteiger partial charge in [-0.2, -0.15) is 0 Å². The molecule has 0 atom stereocenters. The Balaban J connectivity index is 3.64. The maximum absolute atomic E-state index is 11.5. The van der Waals surface area contributed by atoms with Crippen LogP contribution in [0.15, 0.2) is 0 Å². The van der Waals surface area contributed by atoms with E-state index in [4.69, 9.17) is 4.74 Å². The average molecular weight is 230 g/mol. The summed E-state index contributed by atoms with van der Waals surface area (Å²) in [6, 6.07) is 0. The van der Waals surface area contributed by atoms with Crippen molar-refractivity contribution in [2.75, 3.05) is 32.8 Å². The van der Waals surface area contributed by atoms with Crippen LogP contribution in [0.5, 0.6) is 0 Å². The fourth-order valence-corrected chi connectivity index (χ4v) is 1.29. The normalized spacial score (nSPS) is 9.94. The Kier molecular flexibility index (Phi) is 8.52. The molecule has 0 fully saturated rings. The zero-order valence-electron chi connectivity index (χ0n) is 10.4. The first-order chi connectivity index (χ1) is 7.65. The van der Waals surface area contributed by atoms with Crippen LogP contribution in [0.3, 0.4) is 0 Å². The van der Waals surface area contributed by atoms with E-state index < -0.39 is 0 Å². The summed E-state index contributed by atoms with van der Waals surface area (Å²) in [5.41, 5.74) is 0. The Morgan fingerprint density at radius 2 is 1.81 bits per heavy atom. The maximum Gasteiger partial charge on any atom is 0.246 e. The molecule has 2 amide bonds. The predicted molar refractivity (Wildman–Crippen MR) is 62.0 cm³/mol. The van der Waals surface area contributed by atoms with Crippen molar-refractivity contribution in [3.05, 3.63) is 0 Å². The van der Waals surface area contributed by atoms with Gasteiger partial charge in [-0.15, -0.1) is 0 Å². The standard InChI is InChI=1S/C11H22N2O3/c1-4-13(5-2)11(15)7-8-12-10(14)9-16-6-3/h4-9H2,1-3H3,(H,12,14). The van der Waals surface area contributed by atoms with Crippen molar-refractivity contribution >= 4 is 11.8 Å². The first-order valence-corrected chi connectivity index (χ1v) is 5.77. The number of carbonyl (C=O) groups is 2. The second kappa shape index (κ2) is 9.15. The molecule has 0 saturated heterocycles. The highest BCUT2D eigenvalue weighted by Crippen LogP contribution is 1.92. The summed E-state index contributed by atoms with van der Waals surface area (Å²) in [7, 11) is 0. The molecule has 94 valence electrons. The van der Waals surface area contributed by atoms with Crippen molar-refractivity contribution in [3.63, 3.8) is 0 Å². The van der Waals surface area contributed by atoms with E-state index in [1.807, 2.05) is 20.8 Å². The van der Waals surface area contributed by atoms with E-state index >= 15 is 0 Å². The summed E-state index contributed by atoms with van der Waals surface area (Å²) in [5, 5.41) is 2.64. The number of hydrogen-bond donors (Lipinski definition) is 1. The van der Waals surface area contributed by atoms with Crippen LogP contribution in [0.1, 0.15) is 27.2 Å². The molecule has 0 heterocycles. The largest absolute Gasteiger partial charge is 0.372 e. The molecule has 0 spiro atoms. The lowest BCUT2D eigenvalue weighted by molar-refractivity contribution is -0.131. The van der Waals surface area contributed by atoms with Gasteiger partial charge < -0.3 is 15.0 Å². The van der Waals surface area contributed by atoms with Gasteiger partial charge in [0, 0.05) is 32.7 Å². The summed E-state index contributed by atoms with van der Waals surface area (Å²) < 4.78 is 4.94. The van der Waals surface area contributed by atoms with Crippen molar-refractivity contribution in [1.29, 1.82) is 0 Å². The highest BCUT2D eigenvalue weighted by atomic mass is 16.5. The molecular formula is C11H22N2O3. The summed E-state index contributed by atoms with van der Waals surface area (Å²) >= 11 is 0. The van der Waals surface area contributed by atoms with Crippen LogP contribution < -0.4 is 5.32 Å². The lowest BCUT2D eigenvalue weighted by Gasteiger charge is -2.18. The third-order valence-corrected chi connectivity index (χ3v) is 2.21. The molecule has 5 heteroatoms. The van der Waals surface area contributed by atoms with Gasteiger partial charge in [-0.25, -0.2) is 0 Å². The molecular weight excluding hydrogens is 208 g/mol. The van der Waals surface area contributed by atoms with E-state index in [9.17, 15) is 9.59 Å². The summed E-state index contributed by atoms with van der Waals surface area (Å²) in [6.45, 7) is 8.09. The first kappa shape index (κ1) is 14.9. The van der Waals surface area contributed by atoms with Gasteiger partial charge in [0.2, 0.25) is 11.8 Å². The van der Waals surface area contributed by atoms with Crippen molar-refractivity contribution in [2.24, 2.45) is 0 Å². The van der Waals surface area contributed by atoms with E-state index in [1.54, 1.807) is 4.90 Å². The third kappa shape index (κ3) is 6.40. The molecule has 0 unspecified atom stereocenters. The number of rotatable bonds is 8. The van der Waals surface area contributed by atoms with Gasteiger partial charge in [-0.3, -0.25) is 9.59 Å². The molecule has 0 aliphatic carbocycles. The van der Waals surface area contributed by atoms with Crippen molar-refractivity contribution in [2.45, 2.75) is 27.2 Å². The highest BCUT2D eigenvalue weighted by molar-refractivity contribution is 5.79. The van der Waals surface area contributed by atoms with E-state index in [0.717, 1.165) is 0 Å². The minimum Gasteiger partial charge on any atom is -0.372 e. The molecule has 0 aliphatic heterocycles. The molecule has 0 bridgehead atoms. The third-order valence-electron chi connectivity index (χ3n) is 2.21. The van der Waals surface area contributed by atoms with Gasteiger partial charge in [0.15, 0.2) is 0 Å². The first-order valence-electron chi connectivity index (χ1n) is 5.77. The average Bonchev–Trinajstić information content (AvgIpc) is 2.28. The fraction of sp³-hybridized carbons (Fsp3) is 0.818. The van der Waals surface area contributed by atoms with Crippen LogP contribution in [0.2, 0.25) is 0 Å². The molecule has 0 aromatic heterocycles. The lowest BCUT2D eigenvalue weighted by atomic mass is 10.3. The Labute approximate surface area is 97.1 Å². The molecule has 0 aromatic rings. The van der Waals surface area contributed by atoms with Crippen molar-refractivity contribution in [3.8, 4) is 0 Å². The van der Waals surface area contributed by atoms with Gasteiger partial charge in [0.05, 0.1) is 0 Å². The van der Waals surface area contributed by atoms with Crippen LogP contribution in [0, 0.1) is 0 Å². The van der Waals surface area contributed by atoms with Crippen molar-refractivity contribution in [1.82, 2.24) is 10.2 Å². The minimum absolute atomic E-state index is 0.0654. The summed E-state index contributed by atoms with van der Waals surface area (Å²) in [4.78, 5) is 24.4. The Morgan fingerprint density at radius 1 is 1.19 bits per heavy atom. The highest BCUT2D eigenvalue weighted by Gasteiger charge is 2.09. The van der Waals surface area contributed by atoms with Crippen LogP contribution in [0.25, 0.3) is 0 Å². The molecule has 16 heavy (non-hydrogen) atoms. The number of carbonyl (C=O) groups excluding carboxylic acids is 2. The number of nitrogens with one attached hydrogen (secondary N) is 1. The van der Waals surface area contributed by atoms with Crippen LogP contribution in [-0.4, -0.2) is 49.6 Å².